The van der Waals surface area contributed by atoms with Gasteiger partial charge < -0.3 is 4.74 Å². The molecule has 0 aliphatic rings. The summed E-state index contributed by atoms with van der Waals surface area (Å²) in [6.45, 7) is 0. The van der Waals surface area contributed by atoms with E-state index < -0.39 is 28.9 Å². The van der Waals surface area contributed by atoms with Crippen LogP contribution in [0.4, 0.5) is 17.6 Å². The summed E-state index contributed by atoms with van der Waals surface area (Å²) in [5.74, 6) is -0.828. The first-order valence-electron chi connectivity index (χ1n) is 5.00. The lowest BCUT2D eigenvalue weighted by molar-refractivity contribution is -0.141. The minimum absolute atomic E-state index is 0.0983. The lowest BCUT2D eigenvalue weighted by Gasteiger charge is -2.09. The van der Waals surface area contributed by atoms with E-state index in [2.05, 4.69) is 25.9 Å². The summed E-state index contributed by atoms with van der Waals surface area (Å²) < 4.78 is 55.9. The number of hydrogen-bond acceptors (Lipinski definition) is 3. The van der Waals surface area contributed by atoms with Gasteiger partial charge in [-0.1, -0.05) is 0 Å². The van der Waals surface area contributed by atoms with Crippen molar-refractivity contribution >= 4 is 27.5 Å². The fourth-order valence-corrected chi connectivity index (χ4v) is 1.79. The van der Waals surface area contributed by atoms with Crippen molar-refractivity contribution in [1.29, 1.82) is 0 Å². The Hall–Kier alpha value is -1.41. The molecular weight excluding hydrogens is 367 g/mol. The topological polar surface area (TPSA) is 35.0 Å². The number of rotatable bonds is 2. The van der Waals surface area contributed by atoms with E-state index in [0.717, 1.165) is 6.07 Å². The average molecular weight is 372 g/mol. The van der Waals surface area contributed by atoms with Gasteiger partial charge in [0.15, 0.2) is 5.69 Å². The standard InChI is InChI=1S/C11H4BrClF4N2O/c12-6-3-5(1-2-7(6)14)20-9-4-8(11(15,16)17)18-10(13)19-9/h1-4H. The Balaban J connectivity index is 2.33. The molecule has 1 heterocycles. The fraction of sp³-hybridized carbons (Fsp3) is 0.0909. The molecule has 2 rings (SSSR count). The van der Waals surface area contributed by atoms with E-state index in [1.165, 1.54) is 12.1 Å². The second-order valence-corrected chi connectivity index (χ2v) is 4.73. The van der Waals surface area contributed by atoms with Crippen molar-refractivity contribution in [3.05, 3.63) is 45.5 Å². The smallest absolute Gasteiger partial charge is 0.433 e. The third kappa shape index (κ3) is 3.57. The second-order valence-electron chi connectivity index (χ2n) is 3.54. The maximum absolute atomic E-state index is 13.0. The molecule has 2 aromatic rings. The molecule has 0 spiro atoms. The van der Waals surface area contributed by atoms with E-state index in [1.54, 1.807) is 0 Å². The van der Waals surface area contributed by atoms with Gasteiger partial charge in [-0.3, -0.25) is 0 Å². The summed E-state index contributed by atoms with van der Waals surface area (Å²) in [6, 6.07) is 4.18. The lowest BCUT2D eigenvalue weighted by Crippen LogP contribution is -2.09. The van der Waals surface area contributed by atoms with E-state index in [0.29, 0.717) is 6.07 Å². The van der Waals surface area contributed by atoms with Crippen LogP contribution in [0.1, 0.15) is 5.69 Å². The molecule has 3 nitrogen and oxygen atoms in total. The molecule has 0 bridgehead atoms. The van der Waals surface area contributed by atoms with Crippen LogP contribution in [0.15, 0.2) is 28.7 Å². The van der Waals surface area contributed by atoms with Gasteiger partial charge in [0, 0.05) is 6.07 Å². The minimum Gasteiger partial charge on any atom is -0.439 e. The summed E-state index contributed by atoms with van der Waals surface area (Å²) in [7, 11) is 0. The molecule has 0 unspecified atom stereocenters. The molecule has 106 valence electrons. The van der Waals surface area contributed by atoms with Crippen LogP contribution >= 0.6 is 27.5 Å². The predicted octanol–water partition coefficient (Wildman–Crippen LogP) is 4.84. The van der Waals surface area contributed by atoms with Crippen LogP contribution in [0.2, 0.25) is 5.28 Å². The molecule has 9 heteroatoms. The highest BCUT2D eigenvalue weighted by atomic mass is 79.9. The highest BCUT2D eigenvalue weighted by Gasteiger charge is 2.34. The maximum Gasteiger partial charge on any atom is 0.433 e. The van der Waals surface area contributed by atoms with Gasteiger partial charge in [0.05, 0.1) is 4.47 Å². The van der Waals surface area contributed by atoms with Crippen molar-refractivity contribution < 1.29 is 22.3 Å². The molecule has 0 radical (unpaired) electrons. The van der Waals surface area contributed by atoms with Crippen molar-refractivity contribution in [1.82, 2.24) is 9.97 Å². The van der Waals surface area contributed by atoms with E-state index >= 15 is 0 Å². The largest absolute Gasteiger partial charge is 0.439 e. The van der Waals surface area contributed by atoms with Crippen molar-refractivity contribution in [2.24, 2.45) is 0 Å². The first-order chi connectivity index (χ1) is 9.25. The third-order valence-electron chi connectivity index (χ3n) is 2.08. The third-order valence-corrected chi connectivity index (χ3v) is 2.86. The number of hydrogen-bond donors (Lipinski definition) is 0. The molecule has 0 atom stereocenters. The molecule has 0 saturated heterocycles. The van der Waals surface area contributed by atoms with Gasteiger partial charge in [-0.05, 0) is 45.7 Å². The molecule has 0 N–H and O–H groups in total. The highest BCUT2D eigenvalue weighted by molar-refractivity contribution is 9.10. The Labute approximate surface area is 123 Å². The van der Waals surface area contributed by atoms with Crippen LogP contribution < -0.4 is 4.74 Å². The summed E-state index contributed by atoms with van der Waals surface area (Å²) in [5, 5.41) is -0.601. The van der Waals surface area contributed by atoms with Crippen LogP contribution in [0.25, 0.3) is 0 Å². The molecule has 0 aliphatic carbocycles. The van der Waals surface area contributed by atoms with Gasteiger partial charge in [0.1, 0.15) is 11.6 Å². The molecule has 0 amide bonds. The van der Waals surface area contributed by atoms with Gasteiger partial charge in [-0.25, -0.2) is 9.37 Å². The monoisotopic (exact) mass is 370 g/mol. The van der Waals surface area contributed by atoms with Gasteiger partial charge in [0.25, 0.3) is 0 Å². The number of halogens is 6. The Morgan fingerprint density at radius 3 is 2.45 bits per heavy atom. The minimum atomic E-state index is -4.67. The van der Waals surface area contributed by atoms with Crippen molar-refractivity contribution in [2.45, 2.75) is 6.18 Å². The van der Waals surface area contributed by atoms with E-state index in [-0.39, 0.29) is 10.2 Å². The van der Waals surface area contributed by atoms with Gasteiger partial charge in [0.2, 0.25) is 11.2 Å². The molecule has 20 heavy (non-hydrogen) atoms. The Kier molecular flexibility index (Phi) is 4.14. The fourth-order valence-electron chi connectivity index (χ4n) is 1.26. The number of nitrogens with zero attached hydrogens (tertiary/aromatic N) is 2. The number of ether oxygens (including phenoxy) is 1. The Bertz CT molecular complexity index is 651. The summed E-state index contributed by atoms with van der Waals surface area (Å²) in [6.07, 6.45) is -4.67. The van der Waals surface area contributed by atoms with Crippen LogP contribution in [0.3, 0.4) is 0 Å². The van der Waals surface area contributed by atoms with Crippen molar-refractivity contribution in [2.75, 3.05) is 0 Å². The highest BCUT2D eigenvalue weighted by Crippen LogP contribution is 2.32. The van der Waals surface area contributed by atoms with E-state index in [1.807, 2.05) is 0 Å². The molecule has 0 saturated carbocycles. The lowest BCUT2D eigenvalue weighted by atomic mass is 10.3. The second kappa shape index (κ2) is 5.53. The van der Waals surface area contributed by atoms with Crippen molar-refractivity contribution in [3.8, 4) is 11.6 Å². The molecule has 0 aliphatic heterocycles. The molecular formula is C11H4BrClF4N2O. The van der Waals surface area contributed by atoms with Crippen LogP contribution in [0.5, 0.6) is 11.6 Å². The zero-order chi connectivity index (χ0) is 14.9. The van der Waals surface area contributed by atoms with Crippen LogP contribution in [-0.4, -0.2) is 9.97 Å². The van der Waals surface area contributed by atoms with Gasteiger partial charge in [-0.15, -0.1) is 0 Å². The average Bonchev–Trinajstić information content (AvgIpc) is 2.32. The zero-order valence-electron chi connectivity index (χ0n) is 9.38. The van der Waals surface area contributed by atoms with Crippen molar-refractivity contribution in [3.63, 3.8) is 0 Å². The van der Waals surface area contributed by atoms with E-state index in [4.69, 9.17) is 16.3 Å². The SMILES string of the molecule is Fc1ccc(Oc2cc(C(F)(F)F)nc(Cl)n2)cc1Br. The quantitative estimate of drug-likeness (QED) is 0.559. The first-order valence-corrected chi connectivity index (χ1v) is 6.17. The maximum atomic E-state index is 13.0. The molecule has 0 fully saturated rings. The molecule has 1 aromatic carbocycles. The van der Waals surface area contributed by atoms with Gasteiger partial charge in [-0.2, -0.15) is 18.2 Å². The number of alkyl halides is 3. The van der Waals surface area contributed by atoms with E-state index in [9.17, 15) is 17.6 Å². The number of benzene rings is 1. The Morgan fingerprint density at radius 1 is 1.15 bits per heavy atom. The van der Waals surface area contributed by atoms with Crippen LogP contribution in [0, 0.1) is 5.82 Å². The summed E-state index contributed by atoms with van der Waals surface area (Å²) in [4.78, 5) is 6.58. The molecule has 1 aromatic heterocycles. The number of aromatic nitrogens is 2. The van der Waals surface area contributed by atoms with Crippen LogP contribution in [-0.2, 0) is 6.18 Å². The first kappa shape index (κ1) is 15.0. The predicted molar refractivity (Wildman–Crippen MR) is 66.2 cm³/mol. The Morgan fingerprint density at radius 2 is 1.85 bits per heavy atom. The summed E-state index contributed by atoms with van der Waals surface area (Å²) >= 11 is 8.33. The summed E-state index contributed by atoms with van der Waals surface area (Å²) in [5.41, 5.74) is -1.23. The zero-order valence-corrected chi connectivity index (χ0v) is 11.7. The van der Waals surface area contributed by atoms with Gasteiger partial charge >= 0.3 is 6.18 Å². The normalized spacial score (nSPS) is 11.5.